The highest BCUT2D eigenvalue weighted by atomic mass is 19.4. The number of halogens is 6. The summed E-state index contributed by atoms with van der Waals surface area (Å²) in [6.07, 6.45) is -8.85. The van der Waals surface area contributed by atoms with Gasteiger partial charge in [-0.15, -0.1) is 10.2 Å². The lowest BCUT2D eigenvalue weighted by molar-refractivity contribution is -0.143. The summed E-state index contributed by atoms with van der Waals surface area (Å²) in [5.74, 6) is 2.38. The second kappa shape index (κ2) is 11.9. The third-order valence-electron chi connectivity index (χ3n) is 7.39. The summed E-state index contributed by atoms with van der Waals surface area (Å²) in [7, 11) is 3.32. The van der Waals surface area contributed by atoms with Gasteiger partial charge in [0.25, 0.3) is 0 Å². The lowest BCUT2D eigenvalue weighted by Crippen LogP contribution is -2.44. The first-order valence-electron chi connectivity index (χ1n) is 13.5. The molecule has 2 heterocycles. The van der Waals surface area contributed by atoms with Crippen LogP contribution in [0.15, 0.2) is 29.4 Å². The maximum Gasteiger partial charge on any atom is 0.416 e. The molecule has 0 amide bonds. The number of pyridine rings is 1. The fourth-order valence-electron chi connectivity index (χ4n) is 4.92. The molecule has 4 N–H and O–H groups in total. The number of anilines is 2. The molecule has 2 aromatic rings. The van der Waals surface area contributed by atoms with Crippen LogP contribution in [0.25, 0.3) is 0 Å². The summed E-state index contributed by atoms with van der Waals surface area (Å²) in [4.78, 5) is 8.51. The average molecular weight is 600 g/mol. The van der Waals surface area contributed by atoms with Crippen molar-refractivity contribution in [2.75, 3.05) is 37.4 Å². The Morgan fingerprint density at radius 1 is 1.07 bits per heavy atom. The molecule has 0 bridgehead atoms. The zero-order valence-corrected chi connectivity index (χ0v) is 24.0. The van der Waals surface area contributed by atoms with Gasteiger partial charge in [-0.2, -0.15) is 26.3 Å². The first-order chi connectivity index (χ1) is 19.6. The molecule has 15 heteroatoms. The van der Waals surface area contributed by atoms with Gasteiger partial charge < -0.3 is 20.5 Å². The third kappa shape index (κ3) is 7.17. The summed E-state index contributed by atoms with van der Waals surface area (Å²) in [5.41, 5.74) is 4.04. The van der Waals surface area contributed by atoms with Crippen molar-refractivity contribution in [2.24, 2.45) is 16.9 Å². The van der Waals surface area contributed by atoms with Crippen molar-refractivity contribution in [1.82, 2.24) is 26.0 Å². The minimum Gasteiger partial charge on any atom is -0.373 e. The number of hydrazone groups is 1. The van der Waals surface area contributed by atoms with Crippen molar-refractivity contribution >= 4 is 23.3 Å². The summed E-state index contributed by atoms with van der Waals surface area (Å²) in [6.45, 7) is 6.86. The lowest BCUT2D eigenvalue weighted by atomic mass is 10.0. The summed E-state index contributed by atoms with van der Waals surface area (Å²) >= 11 is 0. The van der Waals surface area contributed by atoms with Crippen molar-refractivity contribution < 1.29 is 26.3 Å². The first kappa shape index (κ1) is 31.2. The number of alkyl halides is 6. The summed E-state index contributed by atoms with van der Waals surface area (Å²) in [5, 5.41) is 16.9. The van der Waals surface area contributed by atoms with E-state index < -0.39 is 23.5 Å². The Balaban J connectivity index is 1.80. The first-order valence-corrected chi connectivity index (χ1v) is 13.5. The van der Waals surface area contributed by atoms with E-state index in [0.717, 1.165) is 25.1 Å². The number of guanidine groups is 1. The summed E-state index contributed by atoms with van der Waals surface area (Å²) in [6, 6.07) is 3.35. The maximum absolute atomic E-state index is 13.6. The topological polar surface area (TPSA) is 94.9 Å². The van der Waals surface area contributed by atoms with Gasteiger partial charge >= 0.3 is 12.4 Å². The van der Waals surface area contributed by atoms with Gasteiger partial charge in [-0.05, 0) is 61.9 Å². The number of hydrazine groups is 2. The Kier molecular flexibility index (Phi) is 8.81. The van der Waals surface area contributed by atoms with Gasteiger partial charge in [0.1, 0.15) is 11.6 Å². The normalized spacial score (nSPS) is 18.7. The van der Waals surface area contributed by atoms with Crippen LogP contribution >= 0.6 is 0 Å². The Morgan fingerprint density at radius 2 is 1.69 bits per heavy atom. The molecule has 1 aliphatic heterocycles. The van der Waals surface area contributed by atoms with Crippen molar-refractivity contribution in [3.63, 3.8) is 0 Å². The van der Waals surface area contributed by atoms with Gasteiger partial charge in [-0.25, -0.2) is 10.5 Å². The molecule has 1 aliphatic carbocycles. The number of hydrogen-bond acceptors (Lipinski definition) is 9. The number of rotatable bonds is 10. The van der Waals surface area contributed by atoms with E-state index in [1.807, 2.05) is 6.92 Å². The van der Waals surface area contributed by atoms with Crippen LogP contribution in [0.4, 0.5) is 38.0 Å². The number of benzene rings is 1. The quantitative estimate of drug-likeness (QED) is 0.219. The van der Waals surface area contributed by atoms with Gasteiger partial charge in [0.05, 0.1) is 11.1 Å². The second-order valence-electron chi connectivity index (χ2n) is 10.7. The molecule has 2 aliphatic rings. The molecule has 230 valence electrons. The maximum atomic E-state index is 13.6. The molecule has 2 unspecified atom stereocenters. The molecular weight excluding hydrogens is 564 g/mol. The van der Waals surface area contributed by atoms with Crippen molar-refractivity contribution in [1.29, 1.82) is 5.41 Å². The fraction of sp³-hybridized carbons (Fsp3) is 0.519. The Morgan fingerprint density at radius 3 is 2.14 bits per heavy atom. The third-order valence-corrected chi connectivity index (χ3v) is 7.39. The SMILES string of the molecule is CCN(CC1CC1C)c1nc(NC)c(C(C)=N)cc1CN(Cc1cc(C(F)(F)F)cc(C(F)(F)F)c1)C1=NNN(C)N1. The van der Waals surface area contributed by atoms with Crippen LogP contribution in [0.1, 0.15) is 55.0 Å². The van der Waals surface area contributed by atoms with E-state index in [2.05, 4.69) is 33.2 Å². The van der Waals surface area contributed by atoms with Gasteiger partial charge in [0.15, 0.2) is 0 Å². The van der Waals surface area contributed by atoms with Crippen LogP contribution in [0.2, 0.25) is 0 Å². The van der Waals surface area contributed by atoms with Crippen molar-refractivity contribution in [3.8, 4) is 0 Å². The fourth-order valence-corrected chi connectivity index (χ4v) is 4.92. The van der Waals surface area contributed by atoms with Gasteiger partial charge in [-0.3, -0.25) is 5.43 Å². The minimum absolute atomic E-state index is 0.0300. The molecule has 1 aromatic carbocycles. The van der Waals surface area contributed by atoms with Crippen LogP contribution < -0.4 is 21.2 Å². The number of nitrogens with zero attached hydrogens (tertiary/aromatic N) is 5. The van der Waals surface area contributed by atoms with E-state index in [1.54, 1.807) is 32.0 Å². The van der Waals surface area contributed by atoms with Crippen LogP contribution in [0.5, 0.6) is 0 Å². The van der Waals surface area contributed by atoms with Crippen LogP contribution in [-0.4, -0.2) is 53.9 Å². The highest BCUT2D eigenvalue weighted by Gasteiger charge is 2.38. The number of hydrogen-bond donors (Lipinski definition) is 4. The van der Waals surface area contributed by atoms with E-state index in [4.69, 9.17) is 10.4 Å². The van der Waals surface area contributed by atoms with Crippen LogP contribution in [0.3, 0.4) is 0 Å². The number of aromatic nitrogens is 1. The van der Waals surface area contributed by atoms with E-state index in [-0.39, 0.29) is 36.4 Å². The minimum atomic E-state index is -4.97. The molecular formula is C27H35F6N9. The lowest BCUT2D eigenvalue weighted by Gasteiger charge is -2.30. The van der Waals surface area contributed by atoms with E-state index >= 15 is 0 Å². The predicted octanol–water partition coefficient (Wildman–Crippen LogP) is 5.26. The summed E-state index contributed by atoms with van der Waals surface area (Å²) < 4.78 is 81.6. The molecule has 2 atom stereocenters. The molecule has 0 radical (unpaired) electrons. The second-order valence-corrected chi connectivity index (χ2v) is 10.7. The van der Waals surface area contributed by atoms with E-state index in [0.29, 0.717) is 41.1 Å². The Hall–Kier alpha value is -3.75. The Bertz CT molecular complexity index is 1310. The average Bonchev–Trinajstić information content (AvgIpc) is 3.43. The highest BCUT2D eigenvalue weighted by Crippen LogP contribution is 2.40. The zero-order chi connectivity index (χ0) is 31.0. The standard InChI is InChI=1S/C27H35F6N9/c1-6-41(13-18-7-15(18)2)24-19(10-22(16(3)34)23(35-4)36-24)14-42(25-37-39-40(5)38-25)12-17-8-20(26(28,29)30)11-21(9-17)27(31,32)33/h8-11,15,18,34,39H,6-7,12-14H2,1-5H3,(H,35,36)(H,37,38). The Labute approximate surface area is 240 Å². The molecule has 1 fully saturated rings. The van der Waals surface area contributed by atoms with Gasteiger partial charge in [0, 0.05) is 57.1 Å². The molecule has 0 spiro atoms. The van der Waals surface area contributed by atoms with Gasteiger partial charge in [0.2, 0.25) is 5.96 Å². The molecule has 0 saturated heterocycles. The molecule has 4 rings (SSSR count). The highest BCUT2D eigenvalue weighted by molar-refractivity contribution is 6.01. The largest absolute Gasteiger partial charge is 0.416 e. The smallest absolute Gasteiger partial charge is 0.373 e. The van der Waals surface area contributed by atoms with E-state index in [9.17, 15) is 26.3 Å². The zero-order valence-electron chi connectivity index (χ0n) is 24.0. The molecule has 1 saturated carbocycles. The molecule has 42 heavy (non-hydrogen) atoms. The predicted molar refractivity (Wildman–Crippen MR) is 149 cm³/mol. The monoisotopic (exact) mass is 599 g/mol. The van der Waals surface area contributed by atoms with Crippen molar-refractivity contribution in [3.05, 3.63) is 52.1 Å². The molecule has 1 aromatic heterocycles. The number of nitrogens with one attached hydrogen (secondary N) is 4. The van der Waals surface area contributed by atoms with E-state index in [1.165, 1.54) is 5.12 Å². The molecule has 9 nitrogen and oxygen atoms in total. The van der Waals surface area contributed by atoms with Crippen LogP contribution in [0, 0.1) is 17.2 Å². The van der Waals surface area contributed by atoms with Crippen LogP contribution in [-0.2, 0) is 25.4 Å². The van der Waals surface area contributed by atoms with Crippen molar-refractivity contribution in [2.45, 2.75) is 52.6 Å². The van der Waals surface area contributed by atoms with Gasteiger partial charge in [-0.1, -0.05) is 6.92 Å².